The van der Waals surface area contributed by atoms with Gasteiger partial charge in [0.25, 0.3) is 0 Å². The van der Waals surface area contributed by atoms with Crippen LogP contribution in [0, 0.1) is 0 Å². The van der Waals surface area contributed by atoms with Gasteiger partial charge in [-0.15, -0.1) is 11.3 Å². The molecule has 2 aromatic heterocycles. The normalized spacial score (nSPS) is 16.9. The van der Waals surface area contributed by atoms with Gasteiger partial charge in [0.2, 0.25) is 0 Å². The van der Waals surface area contributed by atoms with E-state index in [0.717, 1.165) is 16.0 Å². The van der Waals surface area contributed by atoms with E-state index < -0.39 is 0 Å². The molecule has 2 heterocycles. The molecule has 0 bridgehead atoms. The lowest BCUT2D eigenvalue weighted by Gasteiger charge is -2.35. The molecule has 1 fully saturated rings. The zero-order valence-electron chi connectivity index (χ0n) is 11.0. The third-order valence-electron chi connectivity index (χ3n) is 3.87. The molecule has 19 heavy (non-hydrogen) atoms. The number of aromatic nitrogens is 2. The largest absolute Gasteiger partial charge is 0.395 e. The number of fused-ring (bicyclic) bond motifs is 1. The lowest BCUT2D eigenvalue weighted by molar-refractivity contribution is 0.289. The van der Waals surface area contributed by atoms with Gasteiger partial charge in [0.05, 0.1) is 12.0 Å². The highest BCUT2D eigenvalue weighted by atomic mass is 32.1. The molecule has 1 saturated carbocycles. The summed E-state index contributed by atoms with van der Waals surface area (Å²) in [7, 11) is 0. The quantitative estimate of drug-likeness (QED) is 0.933. The van der Waals surface area contributed by atoms with E-state index in [2.05, 4.69) is 26.3 Å². The summed E-state index contributed by atoms with van der Waals surface area (Å²) >= 11 is 1.64. The smallest absolute Gasteiger partial charge is 0.141 e. The Balaban J connectivity index is 1.96. The van der Waals surface area contributed by atoms with Gasteiger partial charge in [0, 0.05) is 12.6 Å². The summed E-state index contributed by atoms with van der Waals surface area (Å²) in [5.74, 6) is 0.993. The van der Waals surface area contributed by atoms with E-state index >= 15 is 0 Å². The molecular weight excluding hydrogens is 258 g/mol. The number of thiophene rings is 1. The Morgan fingerprint density at radius 3 is 2.89 bits per heavy atom. The van der Waals surface area contributed by atoms with Gasteiger partial charge in [-0.25, -0.2) is 9.97 Å². The Kier molecular flexibility index (Phi) is 3.94. The molecule has 0 radical (unpaired) electrons. The molecule has 0 atom stereocenters. The van der Waals surface area contributed by atoms with Crippen LogP contribution in [-0.2, 0) is 0 Å². The van der Waals surface area contributed by atoms with Crippen molar-refractivity contribution in [2.45, 2.75) is 38.1 Å². The van der Waals surface area contributed by atoms with Crippen LogP contribution < -0.4 is 4.90 Å². The van der Waals surface area contributed by atoms with Crippen LogP contribution in [0.5, 0.6) is 0 Å². The van der Waals surface area contributed by atoms with Crippen LogP contribution in [0.15, 0.2) is 17.8 Å². The molecule has 1 N–H and O–H groups in total. The molecule has 3 rings (SSSR count). The summed E-state index contributed by atoms with van der Waals surface area (Å²) in [4.78, 5) is 12.1. The van der Waals surface area contributed by atoms with Crippen molar-refractivity contribution in [2.24, 2.45) is 0 Å². The maximum absolute atomic E-state index is 9.37. The summed E-state index contributed by atoms with van der Waals surface area (Å²) in [6, 6.07) is 2.60. The monoisotopic (exact) mass is 277 g/mol. The van der Waals surface area contributed by atoms with Gasteiger partial charge in [-0.05, 0) is 24.3 Å². The molecule has 1 aliphatic carbocycles. The van der Waals surface area contributed by atoms with Crippen LogP contribution in [-0.4, -0.2) is 34.3 Å². The van der Waals surface area contributed by atoms with E-state index in [1.54, 1.807) is 17.7 Å². The maximum atomic E-state index is 9.37. The molecule has 102 valence electrons. The molecule has 0 unspecified atom stereocenters. The van der Waals surface area contributed by atoms with Crippen molar-refractivity contribution in [3.63, 3.8) is 0 Å². The van der Waals surface area contributed by atoms with E-state index in [9.17, 15) is 5.11 Å². The van der Waals surface area contributed by atoms with Gasteiger partial charge in [0.15, 0.2) is 0 Å². The Labute approximate surface area is 117 Å². The van der Waals surface area contributed by atoms with Gasteiger partial charge in [0.1, 0.15) is 17.0 Å². The average Bonchev–Trinajstić information content (AvgIpc) is 2.94. The molecule has 5 heteroatoms. The van der Waals surface area contributed by atoms with Crippen molar-refractivity contribution >= 4 is 27.4 Å². The van der Waals surface area contributed by atoms with Crippen molar-refractivity contribution < 1.29 is 5.11 Å². The van der Waals surface area contributed by atoms with Gasteiger partial charge < -0.3 is 10.0 Å². The minimum Gasteiger partial charge on any atom is -0.395 e. The number of aliphatic hydroxyl groups excluding tert-OH is 1. The highest BCUT2D eigenvalue weighted by Crippen LogP contribution is 2.31. The van der Waals surface area contributed by atoms with E-state index in [1.807, 2.05) is 0 Å². The van der Waals surface area contributed by atoms with E-state index in [4.69, 9.17) is 0 Å². The Morgan fingerprint density at radius 1 is 1.26 bits per heavy atom. The topological polar surface area (TPSA) is 49.2 Å². The Morgan fingerprint density at radius 2 is 2.11 bits per heavy atom. The average molecular weight is 277 g/mol. The van der Waals surface area contributed by atoms with Gasteiger partial charge in [-0.3, -0.25) is 0 Å². The summed E-state index contributed by atoms with van der Waals surface area (Å²) in [5.41, 5.74) is 0. The van der Waals surface area contributed by atoms with Crippen molar-refractivity contribution in [2.75, 3.05) is 18.1 Å². The number of anilines is 1. The molecule has 0 amide bonds. The number of aliphatic hydroxyl groups is 1. The minimum atomic E-state index is 0.173. The highest BCUT2D eigenvalue weighted by molar-refractivity contribution is 7.16. The van der Waals surface area contributed by atoms with Crippen molar-refractivity contribution in [3.8, 4) is 0 Å². The van der Waals surface area contributed by atoms with Crippen molar-refractivity contribution in [3.05, 3.63) is 17.8 Å². The van der Waals surface area contributed by atoms with Crippen LogP contribution in [0.2, 0.25) is 0 Å². The molecule has 0 saturated heterocycles. The standard InChI is InChI=1S/C14H19N3OS/c18-8-7-17(11-4-2-1-3-5-11)13-12-6-9-19-14(12)16-10-15-13/h6,9-11,18H,1-5,7-8H2. The fourth-order valence-electron chi connectivity index (χ4n) is 2.97. The lowest BCUT2D eigenvalue weighted by Crippen LogP contribution is -2.39. The van der Waals surface area contributed by atoms with E-state index in [-0.39, 0.29) is 6.61 Å². The molecule has 0 spiro atoms. The minimum absolute atomic E-state index is 0.173. The summed E-state index contributed by atoms with van der Waals surface area (Å²) in [6.07, 6.45) is 7.95. The zero-order valence-corrected chi connectivity index (χ0v) is 11.8. The first-order valence-electron chi connectivity index (χ1n) is 6.96. The van der Waals surface area contributed by atoms with Crippen molar-refractivity contribution in [1.82, 2.24) is 9.97 Å². The number of hydrogen-bond acceptors (Lipinski definition) is 5. The second-order valence-corrected chi connectivity index (χ2v) is 5.94. The van der Waals surface area contributed by atoms with Crippen molar-refractivity contribution in [1.29, 1.82) is 0 Å². The van der Waals surface area contributed by atoms with E-state index in [1.165, 1.54) is 32.1 Å². The second kappa shape index (κ2) is 5.84. The molecule has 1 aliphatic rings. The third-order valence-corrected chi connectivity index (χ3v) is 4.69. The Bertz CT molecular complexity index is 536. The van der Waals surface area contributed by atoms with Gasteiger partial charge in [-0.2, -0.15) is 0 Å². The van der Waals surface area contributed by atoms with Crippen LogP contribution in [0.4, 0.5) is 5.82 Å². The third kappa shape index (κ3) is 2.58. The summed E-state index contributed by atoms with van der Waals surface area (Å²) < 4.78 is 0. The van der Waals surface area contributed by atoms with Gasteiger partial charge in [-0.1, -0.05) is 19.3 Å². The van der Waals surface area contributed by atoms with Crippen LogP contribution >= 0.6 is 11.3 Å². The number of hydrogen-bond donors (Lipinski definition) is 1. The molecule has 2 aromatic rings. The molecule has 4 nitrogen and oxygen atoms in total. The molecular formula is C14H19N3OS. The Hall–Kier alpha value is -1.20. The maximum Gasteiger partial charge on any atom is 0.141 e. The first kappa shape index (κ1) is 12.8. The fraction of sp³-hybridized carbons (Fsp3) is 0.571. The fourth-order valence-corrected chi connectivity index (χ4v) is 3.70. The van der Waals surface area contributed by atoms with Crippen LogP contribution in [0.1, 0.15) is 32.1 Å². The number of rotatable bonds is 4. The predicted octanol–water partition coefficient (Wildman–Crippen LogP) is 2.82. The lowest BCUT2D eigenvalue weighted by atomic mass is 9.94. The SMILES string of the molecule is OCCN(c1ncnc2sccc12)C1CCCCC1. The predicted molar refractivity (Wildman–Crippen MR) is 78.7 cm³/mol. The molecule has 0 aromatic carbocycles. The van der Waals surface area contributed by atoms with Gasteiger partial charge >= 0.3 is 0 Å². The second-order valence-electron chi connectivity index (χ2n) is 5.05. The first-order chi connectivity index (χ1) is 9.40. The summed E-state index contributed by atoms with van der Waals surface area (Å²) in [5, 5.41) is 12.5. The number of nitrogens with zero attached hydrogens (tertiary/aromatic N) is 3. The summed E-state index contributed by atoms with van der Waals surface area (Å²) in [6.45, 7) is 0.832. The first-order valence-corrected chi connectivity index (χ1v) is 7.84. The zero-order chi connectivity index (χ0) is 13.1. The van der Waals surface area contributed by atoms with E-state index in [0.29, 0.717) is 12.6 Å². The molecule has 0 aliphatic heterocycles. The highest BCUT2D eigenvalue weighted by Gasteiger charge is 2.23. The van der Waals surface area contributed by atoms with Crippen LogP contribution in [0.3, 0.4) is 0 Å². The van der Waals surface area contributed by atoms with Crippen LogP contribution in [0.25, 0.3) is 10.2 Å².